The third-order valence-electron chi connectivity index (χ3n) is 1.12. The molecule has 9 heavy (non-hydrogen) atoms. The van der Waals surface area contributed by atoms with Crippen LogP contribution in [-0.4, -0.2) is 4.98 Å². The lowest BCUT2D eigenvalue weighted by atomic mass is 10.7. The predicted molar refractivity (Wildman–Crippen MR) is 29.2 cm³/mol. The summed E-state index contributed by atoms with van der Waals surface area (Å²) in [5.74, 6) is 1.18. The van der Waals surface area contributed by atoms with Crippen LogP contribution in [0.2, 0.25) is 0 Å². The van der Waals surface area contributed by atoms with Crippen molar-refractivity contribution in [2.75, 3.05) is 0 Å². The molecular weight excluding hydrogens is 126 g/mol. The molecule has 0 unspecified atom stereocenters. The summed E-state index contributed by atoms with van der Waals surface area (Å²) in [5, 5.41) is 0. The number of imidazole rings is 1. The van der Waals surface area contributed by atoms with Gasteiger partial charge in [0, 0.05) is 6.92 Å². The van der Waals surface area contributed by atoms with Crippen molar-refractivity contribution < 1.29 is 14.0 Å². The lowest BCUT2D eigenvalue weighted by Crippen LogP contribution is -3.00. The van der Waals surface area contributed by atoms with E-state index in [0.717, 1.165) is 0 Å². The quantitative estimate of drug-likeness (QED) is 0.375. The molecule has 0 spiro atoms. The van der Waals surface area contributed by atoms with E-state index in [0.29, 0.717) is 0 Å². The summed E-state index contributed by atoms with van der Waals surface area (Å²) in [7, 11) is 2.01. The zero-order valence-corrected chi connectivity index (χ0v) is 5.39. The van der Waals surface area contributed by atoms with E-state index in [1.807, 2.05) is 30.9 Å². The first-order valence-corrected chi connectivity index (χ1v) is 2.30. The largest absolute Gasteiger partial charge is 1.00 e. The smallest absolute Gasteiger partial charge is 0.250 e. The minimum atomic E-state index is 0. The molecule has 0 atom stereocenters. The van der Waals surface area contributed by atoms with E-state index in [1.165, 1.54) is 5.82 Å². The van der Waals surface area contributed by atoms with Crippen molar-refractivity contribution in [3.63, 3.8) is 0 Å². The highest BCUT2D eigenvalue weighted by molar-refractivity contribution is 4.69. The Hall–Kier alpha value is -0.930. The van der Waals surface area contributed by atoms with Crippen molar-refractivity contribution in [3.05, 3.63) is 18.2 Å². The minimum Gasteiger partial charge on any atom is -1.00 e. The van der Waals surface area contributed by atoms with Crippen molar-refractivity contribution in [2.45, 2.75) is 6.92 Å². The van der Waals surface area contributed by atoms with Gasteiger partial charge >= 0.3 is 0 Å². The van der Waals surface area contributed by atoms with Crippen LogP contribution in [0.3, 0.4) is 0 Å². The number of aromatic amines is 1. The van der Waals surface area contributed by atoms with Gasteiger partial charge in [-0.25, -0.2) is 9.55 Å². The summed E-state index contributed by atoms with van der Waals surface area (Å²) in [6.45, 7) is 2.03. The highest BCUT2D eigenvalue weighted by Crippen LogP contribution is 1.75. The van der Waals surface area contributed by atoms with Crippen LogP contribution in [0.1, 0.15) is 5.82 Å². The molecule has 4 heteroatoms. The lowest BCUT2D eigenvalue weighted by molar-refractivity contribution is -0.676. The van der Waals surface area contributed by atoms with Gasteiger partial charge < -0.3 is 4.70 Å². The van der Waals surface area contributed by atoms with Gasteiger partial charge in [-0.1, -0.05) is 0 Å². The fourth-order valence-electron chi connectivity index (χ4n) is 0.483. The molecule has 2 nitrogen and oxygen atoms in total. The Morgan fingerprint density at radius 2 is 2.11 bits per heavy atom. The van der Waals surface area contributed by atoms with E-state index in [-0.39, 0.29) is 9.41 Å². The van der Waals surface area contributed by atoms with Crippen LogP contribution in [0.15, 0.2) is 12.4 Å². The number of nitrogens with one attached hydrogen (secondary N) is 1. The molecule has 1 heterocycles. The van der Waals surface area contributed by atoms with E-state index in [4.69, 9.17) is 0 Å². The van der Waals surface area contributed by atoms with Crippen LogP contribution >= 0.6 is 0 Å². The van der Waals surface area contributed by atoms with Crippen LogP contribution in [0.5, 0.6) is 0 Å². The van der Waals surface area contributed by atoms with Crippen LogP contribution < -0.4 is 9.27 Å². The molecule has 0 aromatic carbocycles. The number of rotatable bonds is 0. The highest BCUT2D eigenvalue weighted by Gasteiger charge is 1.93. The SMILES string of the molecule is Cc1[nH]cc[n+]1C.F.[F-]. The second kappa shape index (κ2) is 4.00. The monoisotopic (exact) mass is 136 g/mol. The number of nitrogens with zero attached hydrogens (tertiary/aromatic N) is 1. The van der Waals surface area contributed by atoms with Crippen LogP contribution in [0, 0.1) is 6.92 Å². The van der Waals surface area contributed by atoms with Gasteiger partial charge in [-0.15, -0.1) is 0 Å². The van der Waals surface area contributed by atoms with Gasteiger partial charge in [-0.05, 0) is 0 Å². The first kappa shape index (κ1) is 10.9. The number of hydrogen-bond donors (Lipinski definition) is 1. The number of H-pyrrole nitrogens is 1. The van der Waals surface area contributed by atoms with Gasteiger partial charge in [0.05, 0.1) is 7.05 Å². The molecule has 0 radical (unpaired) electrons. The van der Waals surface area contributed by atoms with Gasteiger partial charge in [-0.2, -0.15) is 0 Å². The van der Waals surface area contributed by atoms with Gasteiger partial charge in [0.2, 0.25) is 0 Å². The Kier molecular flexibility index (Phi) is 4.87. The lowest BCUT2D eigenvalue weighted by Gasteiger charge is -1.77. The first-order valence-electron chi connectivity index (χ1n) is 2.30. The van der Waals surface area contributed by atoms with E-state index >= 15 is 0 Å². The molecule has 0 aliphatic rings. The summed E-state index contributed by atoms with van der Waals surface area (Å²) in [6, 6.07) is 0. The van der Waals surface area contributed by atoms with E-state index in [2.05, 4.69) is 4.98 Å². The number of aryl methyl sites for hydroxylation is 2. The third-order valence-corrected chi connectivity index (χ3v) is 1.12. The molecule has 0 aliphatic carbocycles. The average molecular weight is 136 g/mol. The summed E-state index contributed by atoms with van der Waals surface area (Å²) < 4.78 is 2.03. The average Bonchev–Trinajstić information content (AvgIpc) is 1.91. The maximum absolute atomic E-state index is 3.03. The molecule has 0 saturated heterocycles. The Bertz CT molecular complexity index is 145. The van der Waals surface area contributed by atoms with Gasteiger partial charge in [0.25, 0.3) is 5.82 Å². The summed E-state index contributed by atoms with van der Waals surface area (Å²) in [4.78, 5) is 3.03. The minimum absolute atomic E-state index is 0. The van der Waals surface area contributed by atoms with Crippen LogP contribution in [-0.2, 0) is 7.05 Å². The third kappa shape index (κ3) is 2.21. The molecule has 1 N–H and O–H groups in total. The molecule has 0 amide bonds. The van der Waals surface area contributed by atoms with Crippen molar-refractivity contribution in [3.8, 4) is 0 Å². The van der Waals surface area contributed by atoms with E-state index in [9.17, 15) is 0 Å². The molecule has 54 valence electrons. The highest BCUT2D eigenvalue weighted by atomic mass is 19.0. The van der Waals surface area contributed by atoms with Crippen molar-refractivity contribution >= 4 is 0 Å². The van der Waals surface area contributed by atoms with Gasteiger partial charge in [-0.3, -0.25) is 4.70 Å². The molecule has 0 aliphatic heterocycles. The maximum Gasteiger partial charge on any atom is 0.250 e. The molecule has 1 aromatic rings. The van der Waals surface area contributed by atoms with Gasteiger partial charge in [0.1, 0.15) is 12.4 Å². The molecule has 0 bridgehead atoms. The number of aromatic nitrogens is 2. The van der Waals surface area contributed by atoms with Crippen molar-refractivity contribution in [1.29, 1.82) is 0 Å². The van der Waals surface area contributed by atoms with Crippen molar-refractivity contribution in [1.82, 2.24) is 4.98 Å². The molecular formula is C5H10F2N2. The topological polar surface area (TPSA) is 19.7 Å². The zero-order valence-electron chi connectivity index (χ0n) is 5.39. The van der Waals surface area contributed by atoms with Crippen molar-refractivity contribution in [2.24, 2.45) is 7.05 Å². The number of halogens is 2. The first-order chi connectivity index (χ1) is 3.30. The summed E-state index contributed by atoms with van der Waals surface area (Å²) in [6.07, 6.45) is 3.89. The number of hydrogen-bond acceptors (Lipinski definition) is 0. The standard InChI is InChI=1S/C5H8N2.2FH/c1-5-6-3-4-7(5)2;;/h3-4H,1-2H3;2*1H. The molecule has 0 saturated carbocycles. The maximum atomic E-state index is 3.03. The van der Waals surface area contributed by atoms with Crippen LogP contribution in [0.4, 0.5) is 4.70 Å². The summed E-state index contributed by atoms with van der Waals surface area (Å²) >= 11 is 0. The van der Waals surface area contributed by atoms with E-state index < -0.39 is 0 Å². The molecule has 1 rings (SSSR count). The summed E-state index contributed by atoms with van der Waals surface area (Å²) in [5.41, 5.74) is 0. The fraction of sp³-hybridized carbons (Fsp3) is 0.400. The van der Waals surface area contributed by atoms with E-state index in [1.54, 1.807) is 0 Å². The fourth-order valence-corrected chi connectivity index (χ4v) is 0.483. The Labute approximate surface area is 52.3 Å². The predicted octanol–water partition coefficient (Wildman–Crippen LogP) is -2.70. The zero-order chi connectivity index (χ0) is 5.28. The molecule has 1 aromatic heterocycles. The Balaban J connectivity index is 0. The second-order valence-electron chi connectivity index (χ2n) is 1.66. The van der Waals surface area contributed by atoms with Crippen LogP contribution in [0.25, 0.3) is 0 Å². The molecule has 0 fully saturated rings. The van der Waals surface area contributed by atoms with Gasteiger partial charge in [0.15, 0.2) is 0 Å². The Morgan fingerprint density at radius 3 is 2.22 bits per heavy atom. The Morgan fingerprint density at radius 1 is 1.56 bits per heavy atom. The second-order valence-corrected chi connectivity index (χ2v) is 1.66. The normalized spacial score (nSPS) is 7.33.